The summed E-state index contributed by atoms with van der Waals surface area (Å²) < 4.78 is 0.851. The van der Waals surface area contributed by atoms with Crippen LogP contribution < -0.4 is 0 Å². The van der Waals surface area contributed by atoms with E-state index in [1.165, 1.54) is 5.56 Å². The third-order valence-corrected chi connectivity index (χ3v) is 3.56. The third kappa shape index (κ3) is 1.29. The molecule has 2 rings (SSSR count). The number of rotatable bonds is 2. The van der Waals surface area contributed by atoms with Crippen molar-refractivity contribution in [1.29, 1.82) is 0 Å². The molecule has 0 bridgehead atoms. The summed E-state index contributed by atoms with van der Waals surface area (Å²) in [6, 6.07) is 2.03. The minimum Gasteiger partial charge on any atom is -0.300 e. The Morgan fingerprint density at radius 3 is 2.92 bits per heavy atom. The zero-order chi connectivity index (χ0) is 8.72. The summed E-state index contributed by atoms with van der Waals surface area (Å²) >= 11 is 7.49. The van der Waals surface area contributed by atoms with Gasteiger partial charge in [0.05, 0.1) is 4.34 Å². The number of Topliss-reactive ketones (excluding diaryl/α,β-unsaturated/α-hetero) is 1. The SMILES string of the molecule is CC(=O)C1CC1c1ccsc1Cl. The molecule has 1 nitrogen and oxygen atoms in total. The van der Waals surface area contributed by atoms with Crippen LogP contribution in [-0.4, -0.2) is 5.78 Å². The fraction of sp³-hybridized carbons (Fsp3) is 0.444. The van der Waals surface area contributed by atoms with Gasteiger partial charge in [-0.1, -0.05) is 11.6 Å². The number of carbonyl (C=O) groups is 1. The van der Waals surface area contributed by atoms with Crippen molar-refractivity contribution in [3.63, 3.8) is 0 Å². The van der Waals surface area contributed by atoms with Gasteiger partial charge in [-0.05, 0) is 36.3 Å². The minimum atomic E-state index is 0.247. The van der Waals surface area contributed by atoms with Gasteiger partial charge in [-0.3, -0.25) is 4.79 Å². The molecule has 1 aliphatic carbocycles. The molecule has 0 aliphatic heterocycles. The van der Waals surface area contributed by atoms with Crippen molar-refractivity contribution in [3.05, 3.63) is 21.3 Å². The highest BCUT2D eigenvalue weighted by Gasteiger charge is 2.42. The van der Waals surface area contributed by atoms with Gasteiger partial charge >= 0.3 is 0 Å². The van der Waals surface area contributed by atoms with E-state index in [1.54, 1.807) is 18.3 Å². The molecule has 3 heteroatoms. The summed E-state index contributed by atoms with van der Waals surface area (Å²) in [6.45, 7) is 1.66. The van der Waals surface area contributed by atoms with Crippen LogP contribution >= 0.6 is 22.9 Å². The van der Waals surface area contributed by atoms with Crippen LogP contribution in [0.3, 0.4) is 0 Å². The lowest BCUT2D eigenvalue weighted by Crippen LogP contribution is -1.93. The van der Waals surface area contributed by atoms with Crippen LogP contribution in [0.5, 0.6) is 0 Å². The summed E-state index contributed by atoms with van der Waals surface area (Å²) in [6.07, 6.45) is 0.992. The molecule has 0 spiro atoms. The van der Waals surface area contributed by atoms with Crippen molar-refractivity contribution in [1.82, 2.24) is 0 Å². The smallest absolute Gasteiger partial charge is 0.133 e. The molecule has 0 saturated heterocycles. The lowest BCUT2D eigenvalue weighted by molar-refractivity contribution is -0.118. The summed E-state index contributed by atoms with van der Waals surface area (Å²) in [5.74, 6) is 0.959. The minimum absolute atomic E-state index is 0.247. The predicted octanol–water partition coefficient (Wildman–Crippen LogP) is 3.09. The number of thiophene rings is 1. The molecule has 0 radical (unpaired) electrons. The van der Waals surface area contributed by atoms with E-state index in [4.69, 9.17) is 11.6 Å². The Kier molecular flexibility index (Phi) is 1.97. The van der Waals surface area contributed by atoms with Crippen molar-refractivity contribution in [2.45, 2.75) is 19.3 Å². The van der Waals surface area contributed by atoms with E-state index >= 15 is 0 Å². The van der Waals surface area contributed by atoms with Gasteiger partial charge in [0.2, 0.25) is 0 Å². The standard InChI is InChI=1S/C9H9ClOS/c1-5(11)7-4-8(7)6-2-3-12-9(6)10/h2-3,7-8H,4H2,1H3. The Labute approximate surface area is 80.4 Å². The topological polar surface area (TPSA) is 17.1 Å². The van der Waals surface area contributed by atoms with Gasteiger partial charge in [0.15, 0.2) is 0 Å². The Bertz CT molecular complexity index is 318. The largest absolute Gasteiger partial charge is 0.300 e. The van der Waals surface area contributed by atoms with E-state index in [-0.39, 0.29) is 5.92 Å². The average Bonchev–Trinajstić information content (AvgIpc) is 2.70. The monoisotopic (exact) mass is 200 g/mol. The van der Waals surface area contributed by atoms with Gasteiger partial charge in [0.1, 0.15) is 5.78 Å². The first-order valence-corrected chi connectivity index (χ1v) is 5.19. The van der Waals surface area contributed by atoms with Crippen molar-refractivity contribution in [3.8, 4) is 0 Å². The maximum absolute atomic E-state index is 11.0. The number of hydrogen-bond donors (Lipinski definition) is 0. The van der Waals surface area contributed by atoms with Gasteiger partial charge < -0.3 is 0 Å². The second-order valence-corrected chi connectivity index (χ2v) is 4.73. The highest BCUT2D eigenvalue weighted by atomic mass is 35.5. The maximum Gasteiger partial charge on any atom is 0.133 e. The fourth-order valence-electron chi connectivity index (χ4n) is 1.56. The Balaban J connectivity index is 2.15. The molecule has 0 amide bonds. The van der Waals surface area contributed by atoms with E-state index in [0.717, 1.165) is 10.8 Å². The van der Waals surface area contributed by atoms with E-state index in [1.807, 2.05) is 11.4 Å². The highest BCUT2D eigenvalue weighted by molar-refractivity contribution is 7.14. The van der Waals surface area contributed by atoms with E-state index in [9.17, 15) is 4.79 Å². The second-order valence-electron chi connectivity index (χ2n) is 3.21. The zero-order valence-electron chi connectivity index (χ0n) is 6.71. The number of carbonyl (C=O) groups excluding carboxylic acids is 1. The van der Waals surface area contributed by atoms with E-state index < -0.39 is 0 Å². The molecule has 2 unspecified atom stereocenters. The van der Waals surface area contributed by atoms with Gasteiger partial charge in [-0.15, -0.1) is 11.3 Å². The van der Waals surface area contributed by atoms with Crippen LogP contribution in [0, 0.1) is 5.92 Å². The first-order valence-electron chi connectivity index (χ1n) is 3.93. The maximum atomic E-state index is 11.0. The summed E-state index contributed by atoms with van der Waals surface area (Å²) in [4.78, 5) is 11.0. The quantitative estimate of drug-likeness (QED) is 0.717. The summed E-state index contributed by atoms with van der Waals surface area (Å²) in [5.41, 5.74) is 1.17. The van der Waals surface area contributed by atoms with Crippen molar-refractivity contribution >= 4 is 28.7 Å². The van der Waals surface area contributed by atoms with Crippen LogP contribution in [-0.2, 0) is 4.79 Å². The second kappa shape index (κ2) is 2.86. The van der Waals surface area contributed by atoms with Gasteiger partial charge in [0.25, 0.3) is 0 Å². The molecule has 1 heterocycles. The molecule has 64 valence electrons. The highest BCUT2D eigenvalue weighted by Crippen LogP contribution is 2.51. The Morgan fingerprint density at radius 2 is 2.50 bits per heavy atom. The van der Waals surface area contributed by atoms with Crippen molar-refractivity contribution < 1.29 is 4.79 Å². The predicted molar refractivity (Wildman–Crippen MR) is 50.9 cm³/mol. The van der Waals surface area contributed by atoms with Crippen molar-refractivity contribution in [2.75, 3.05) is 0 Å². The van der Waals surface area contributed by atoms with Crippen molar-refractivity contribution in [2.24, 2.45) is 5.92 Å². The molecule has 1 aromatic rings. The third-order valence-electron chi connectivity index (χ3n) is 2.36. The Morgan fingerprint density at radius 1 is 1.75 bits per heavy atom. The molecule has 12 heavy (non-hydrogen) atoms. The van der Waals surface area contributed by atoms with Gasteiger partial charge in [-0.25, -0.2) is 0 Å². The molecule has 0 N–H and O–H groups in total. The lowest BCUT2D eigenvalue weighted by Gasteiger charge is -1.93. The average molecular weight is 201 g/mol. The lowest BCUT2D eigenvalue weighted by atomic mass is 10.1. The molecule has 1 aliphatic rings. The van der Waals surface area contributed by atoms with Crippen LogP contribution in [0.25, 0.3) is 0 Å². The molecular formula is C9H9ClOS. The molecular weight excluding hydrogens is 192 g/mol. The van der Waals surface area contributed by atoms with Crippen LogP contribution in [0.1, 0.15) is 24.8 Å². The van der Waals surface area contributed by atoms with E-state index in [0.29, 0.717) is 11.7 Å². The number of ketones is 1. The number of hydrogen-bond acceptors (Lipinski definition) is 2. The van der Waals surface area contributed by atoms with Crippen LogP contribution in [0.2, 0.25) is 4.34 Å². The van der Waals surface area contributed by atoms with Crippen LogP contribution in [0.4, 0.5) is 0 Å². The normalized spacial score (nSPS) is 27.2. The summed E-state index contributed by atoms with van der Waals surface area (Å²) in [7, 11) is 0. The molecule has 0 aromatic carbocycles. The van der Waals surface area contributed by atoms with Gasteiger partial charge in [0, 0.05) is 5.92 Å². The number of halogens is 1. The molecule has 1 fully saturated rings. The fourth-order valence-corrected chi connectivity index (χ4v) is 2.61. The van der Waals surface area contributed by atoms with Crippen LogP contribution in [0.15, 0.2) is 11.4 Å². The summed E-state index contributed by atoms with van der Waals surface area (Å²) in [5, 5.41) is 1.98. The van der Waals surface area contributed by atoms with E-state index in [2.05, 4.69) is 0 Å². The molecule has 1 saturated carbocycles. The first kappa shape index (κ1) is 8.27. The van der Waals surface area contributed by atoms with Gasteiger partial charge in [-0.2, -0.15) is 0 Å². The zero-order valence-corrected chi connectivity index (χ0v) is 8.28. The Hall–Kier alpha value is -0.340. The molecule has 2 atom stereocenters. The first-order chi connectivity index (χ1) is 5.70. The molecule has 1 aromatic heterocycles.